The molecule has 0 heterocycles. The van der Waals surface area contributed by atoms with E-state index in [0.717, 1.165) is 29.5 Å². The second kappa shape index (κ2) is 19.3. The Morgan fingerprint density at radius 3 is 1.83 bits per heavy atom. The monoisotopic (exact) mass is 566 g/mol. The number of benzene rings is 3. The molecule has 3 aromatic carbocycles. The van der Waals surface area contributed by atoms with Gasteiger partial charge in [-0.2, -0.15) is 0 Å². The zero-order valence-corrected chi connectivity index (χ0v) is 24.6. The number of alkyl halides is 1. The van der Waals surface area contributed by atoms with Gasteiger partial charge < -0.3 is 0 Å². The lowest BCUT2D eigenvalue weighted by Crippen LogP contribution is -1.96. The first-order chi connectivity index (χ1) is 17.6. The smallest absolute Gasteiger partial charge is 0.159 e. The molecular weight excluding hydrogens is 524 g/mol. The fourth-order valence-corrected chi connectivity index (χ4v) is 5.56. The number of halogens is 1. The highest BCUT2D eigenvalue weighted by Gasteiger charge is 2.07. The molecule has 0 radical (unpaired) electrons. The second-order valence-electron chi connectivity index (χ2n) is 9.26. The molecule has 1 nitrogen and oxygen atoms in total. The molecule has 194 valence electrons. The van der Waals surface area contributed by atoms with E-state index < -0.39 is 0 Å². The molecule has 0 aromatic heterocycles. The third kappa shape index (κ3) is 12.9. The van der Waals surface area contributed by atoms with Crippen molar-refractivity contribution in [2.45, 2.75) is 83.0 Å². The molecule has 36 heavy (non-hydrogen) atoms. The van der Waals surface area contributed by atoms with Gasteiger partial charge in [-0.1, -0.05) is 109 Å². The summed E-state index contributed by atoms with van der Waals surface area (Å²) >= 11 is 5.38. The van der Waals surface area contributed by atoms with E-state index in [9.17, 15) is 4.79 Å². The minimum Gasteiger partial charge on any atom is -0.295 e. The van der Waals surface area contributed by atoms with Gasteiger partial charge in [-0.15, -0.1) is 11.8 Å². The largest absolute Gasteiger partial charge is 0.295 e. The number of ketones is 1. The van der Waals surface area contributed by atoms with Crippen molar-refractivity contribution < 1.29 is 4.79 Å². The van der Waals surface area contributed by atoms with Crippen LogP contribution in [0.15, 0.2) is 83.8 Å². The number of rotatable bonds is 15. The number of aryl methyl sites for hydroxylation is 3. The van der Waals surface area contributed by atoms with Crippen LogP contribution in [0.25, 0.3) is 0 Å². The molecule has 3 aromatic rings. The summed E-state index contributed by atoms with van der Waals surface area (Å²) in [6.07, 6.45) is 12.3. The Bertz CT molecular complexity index is 971. The molecule has 0 bridgehead atoms. The van der Waals surface area contributed by atoms with Crippen LogP contribution in [-0.4, -0.2) is 16.9 Å². The number of hydrogen-bond acceptors (Lipinski definition) is 2. The first-order valence-corrected chi connectivity index (χ1v) is 15.6. The summed E-state index contributed by atoms with van der Waals surface area (Å²) in [6.45, 7) is 3.84. The van der Waals surface area contributed by atoms with Gasteiger partial charge in [-0.05, 0) is 86.4 Å². The van der Waals surface area contributed by atoms with Crippen LogP contribution >= 0.6 is 27.7 Å². The summed E-state index contributed by atoms with van der Waals surface area (Å²) in [5, 5.41) is 1.14. The predicted molar refractivity (Wildman–Crippen MR) is 163 cm³/mol. The lowest BCUT2D eigenvalue weighted by molar-refractivity contribution is 0.101. The normalized spacial score (nSPS) is 10.5. The van der Waals surface area contributed by atoms with Crippen molar-refractivity contribution in [3.05, 3.63) is 101 Å². The highest BCUT2D eigenvalue weighted by atomic mass is 79.9. The van der Waals surface area contributed by atoms with Crippen molar-refractivity contribution in [2.24, 2.45) is 0 Å². The zero-order chi connectivity index (χ0) is 25.8. The summed E-state index contributed by atoms with van der Waals surface area (Å²) < 4.78 is 0. The van der Waals surface area contributed by atoms with E-state index in [1.165, 1.54) is 73.0 Å². The van der Waals surface area contributed by atoms with Crippen LogP contribution in [0.2, 0.25) is 0 Å². The maximum atomic E-state index is 11.6. The van der Waals surface area contributed by atoms with Crippen LogP contribution in [-0.2, 0) is 19.3 Å². The minimum absolute atomic E-state index is 0.157. The summed E-state index contributed by atoms with van der Waals surface area (Å²) in [5.74, 6) is 1.31. The molecule has 0 aliphatic rings. The number of carbonyl (C=O) groups is 1. The van der Waals surface area contributed by atoms with Gasteiger partial charge in [0.05, 0.1) is 0 Å². The van der Waals surface area contributed by atoms with Gasteiger partial charge >= 0.3 is 0 Å². The molecule has 0 aliphatic heterocycles. The Morgan fingerprint density at radius 2 is 1.31 bits per heavy atom. The molecule has 0 aliphatic carbocycles. The van der Waals surface area contributed by atoms with E-state index in [1.807, 2.05) is 17.8 Å². The third-order valence-electron chi connectivity index (χ3n) is 6.14. The van der Waals surface area contributed by atoms with Gasteiger partial charge in [-0.25, -0.2) is 0 Å². The predicted octanol–water partition coefficient (Wildman–Crippen LogP) is 10.1. The van der Waals surface area contributed by atoms with Crippen LogP contribution in [0.4, 0.5) is 0 Å². The highest BCUT2D eigenvalue weighted by molar-refractivity contribution is 9.09. The topological polar surface area (TPSA) is 17.1 Å². The zero-order valence-electron chi connectivity index (χ0n) is 22.2. The van der Waals surface area contributed by atoms with Crippen molar-refractivity contribution in [1.29, 1.82) is 0 Å². The molecule has 0 atom stereocenters. The van der Waals surface area contributed by atoms with E-state index in [4.69, 9.17) is 0 Å². The van der Waals surface area contributed by atoms with Gasteiger partial charge in [0, 0.05) is 15.8 Å². The lowest BCUT2D eigenvalue weighted by atomic mass is 10.0. The summed E-state index contributed by atoms with van der Waals surface area (Å²) in [6, 6.07) is 27.6. The number of Topliss-reactive ketones (excluding diaryl/α,β-unsaturated/α-hetero) is 1. The van der Waals surface area contributed by atoms with Crippen molar-refractivity contribution >= 4 is 33.5 Å². The first-order valence-electron chi connectivity index (χ1n) is 13.5. The van der Waals surface area contributed by atoms with Crippen LogP contribution < -0.4 is 0 Å². The third-order valence-corrected chi connectivity index (χ3v) is 7.90. The molecule has 0 saturated carbocycles. The van der Waals surface area contributed by atoms with Crippen molar-refractivity contribution in [2.75, 3.05) is 11.1 Å². The van der Waals surface area contributed by atoms with Crippen molar-refractivity contribution in [3.63, 3.8) is 0 Å². The van der Waals surface area contributed by atoms with E-state index in [2.05, 4.69) is 95.7 Å². The molecule has 0 N–H and O–H groups in total. The molecule has 3 heteroatoms. The number of carbonyl (C=O) groups excluding carboxylic acids is 1. The van der Waals surface area contributed by atoms with Crippen LogP contribution in [0, 0.1) is 0 Å². The van der Waals surface area contributed by atoms with Gasteiger partial charge in [0.15, 0.2) is 5.78 Å². The number of thioether (sulfide) groups is 1. The average Bonchev–Trinajstić information content (AvgIpc) is 2.91. The number of hydrogen-bond donors (Lipinski definition) is 0. The summed E-state index contributed by atoms with van der Waals surface area (Å²) in [5.41, 5.74) is 5.08. The quantitative estimate of drug-likeness (QED) is 0.0787. The Labute approximate surface area is 232 Å². The maximum absolute atomic E-state index is 11.6. The van der Waals surface area contributed by atoms with E-state index in [1.54, 1.807) is 6.92 Å². The Hall–Kier alpha value is -1.84. The van der Waals surface area contributed by atoms with Crippen molar-refractivity contribution in [3.8, 4) is 0 Å². The first kappa shape index (κ1) is 30.4. The van der Waals surface area contributed by atoms with Crippen LogP contribution in [0.5, 0.6) is 0 Å². The van der Waals surface area contributed by atoms with Gasteiger partial charge in [0.2, 0.25) is 0 Å². The van der Waals surface area contributed by atoms with E-state index >= 15 is 0 Å². The van der Waals surface area contributed by atoms with E-state index in [0.29, 0.717) is 0 Å². The SMILES string of the molecule is BrCCCCCc1ccccc1.CCCc1cc(C(C)=O)ccc1SCCCCCc1ccccc1. The second-order valence-corrected chi connectivity index (χ2v) is 11.2. The summed E-state index contributed by atoms with van der Waals surface area (Å²) in [7, 11) is 0. The Balaban J connectivity index is 0.000000319. The number of unbranched alkanes of at least 4 members (excludes halogenated alkanes) is 4. The van der Waals surface area contributed by atoms with Gasteiger partial charge in [0.1, 0.15) is 0 Å². The summed E-state index contributed by atoms with van der Waals surface area (Å²) in [4.78, 5) is 12.9. The Morgan fingerprint density at radius 1 is 0.722 bits per heavy atom. The lowest BCUT2D eigenvalue weighted by Gasteiger charge is -2.10. The molecular formula is C33H43BrOS. The fourth-order valence-electron chi connectivity index (χ4n) is 4.08. The maximum Gasteiger partial charge on any atom is 0.159 e. The molecule has 0 spiro atoms. The Kier molecular flexibility index (Phi) is 16.3. The molecule has 0 unspecified atom stereocenters. The van der Waals surface area contributed by atoms with E-state index in [-0.39, 0.29) is 5.78 Å². The standard InChI is InChI=1S/C22H28OS.C11H15Br/c1-3-10-21-17-20(18(2)23)14-15-22(21)24-16-9-5-8-13-19-11-6-4-7-12-19;12-10-6-2-5-9-11-7-3-1-4-8-11/h4,6-7,11-12,14-15,17H,3,5,8-10,13,16H2,1-2H3;1,3-4,7-8H,2,5-6,9-10H2. The van der Waals surface area contributed by atoms with Crippen molar-refractivity contribution in [1.82, 2.24) is 0 Å². The average molecular weight is 568 g/mol. The molecule has 0 amide bonds. The van der Waals surface area contributed by atoms with Crippen LogP contribution in [0.3, 0.4) is 0 Å². The fraction of sp³-hybridized carbons (Fsp3) is 0.424. The molecule has 0 fully saturated rings. The van der Waals surface area contributed by atoms with Gasteiger partial charge in [-0.3, -0.25) is 4.79 Å². The molecule has 3 rings (SSSR count). The molecule has 0 saturated heterocycles. The highest BCUT2D eigenvalue weighted by Crippen LogP contribution is 2.26. The minimum atomic E-state index is 0.157. The van der Waals surface area contributed by atoms with Crippen LogP contribution in [0.1, 0.15) is 85.8 Å². The van der Waals surface area contributed by atoms with Gasteiger partial charge in [0.25, 0.3) is 0 Å².